The van der Waals surface area contributed by atoms with Gasteiger partial charge in [-0.15, -0.1) is 0 Å². The molecule has 0 spiro atoms. The van der Waals surface area contributed by atoms with Gasteiger partial charge in [-0.1, -0.05) is 0 Å². The van der Waals surface area contributed by atoms with E-state index in [2.05, 4.69) is 4.99 Å². The Morgan fingerprint density at radius 3 is 2.72 bits per heavy atom. The van der Waals surface area contributed by atoms with Gasteiger partial charge in [0.05, 0.1) is 18.7 Å². The van der Waals surface area contributed by atoms with Crippen LogP contribution in [-0.2, 0) is 4.74 Å². The van der Waals surface area contributed by atoms with Gasteiger partial charge < -0.3 is 15.4 Å². The van der Waals surface area contributed by atoms with Crippen molar-refractivity contribution in [1.29, 1.82) is 0 Å². The van der Waals surface area contributed by atoms with E-state index in [0.717, 1.165) is 0 Å². The number of alkyl halides is 3. The van der Waals surface area contributed by atoms with Crippen LogP contribution in [-0.4, -0.2) is 49.4 Å². The number of ether oxygens (including phenoxy) is 1. The Kier molecular flexibility index (Phi) is 4.84. The van der Waals surface area contributed by atoms with Crippen molar-refractivity contribution >= 4 is 5.96 Å². The van der Waals surface area contributed by atoms with E-state index in [1.165, 1.54) is 0 Å². The van der Waals surface area contributed by atoms with Crippen molar-refractivity contribution in [3.05, 3.63) is 0 Å². The molecule has 1 heterocycles. The van der Waals surface area contributed by atoms with Crippen LogP contribution in [0.3, 0.4) is 0 Å². The highest BCUT2D eigenvalue weighted by molar-refractivity contribution is 5.80. The summed E-state index contributed by atoms with van der Waals surface area (Å²) in [5, 5.41) is 0. The van der Waals surface area contributed by atoms with Crippen LogP contribution >= 0.6 is 0 Å². The molecule has 0 aliphatic carbocycles. The van der Waals surface area contributed by atoms with Crippen LogP contribution in [0.4, 0.5) is 13.2 Å². The number of methoxy groups -OCH3 is 1. The summed E-state index contributed by atoms with van der Waals surface area (Å²) >= 11 is 0. The van der Waals surface area contributed by atoms with Crippen LogP contribution in [0.15, 0.2) is 4.99 Å². The highest BCUT2D eigenvalue weighted by Gasteiger charge is 2.38. The lowest BCUT2D eigenvalue weighted by Gasteiger charge is -2.36. The van der Waals surface area contributed by atoms with Gasteiger partial charge in [0.25, 0.3) is 0 Å². The molecule has 0 aromatic heterocycles. The lowest BCUT2D eigenvalue weighted by Crippen LogP contribution is -2.50. The van der Waals surface area contributed by atoms with Crippen LogP contribution in [0.25, 0.3) is 0 Å². The van der Waals surface area contributed by atoms with Crippen molar-refractivity contribution in [3.63, 3.8) is 0 Å². The van der Waals surface area contributed by atoms with Crippen molar-refractivity contribution in [1.82, 2.24) is 4.90 Å². The Morgan fingerprint density at radius 2 is 2.17 bits per heavy atom. The summed E-state index contributed by atoms with van der Waals surface area (Å²) in [6.45, 7) is 3.36. The van der Waals surface area contributed by atoms with E-state index in [1.807, 2.05) is 11.8 Å². The molecule has 0 radical (unpaired) electrons. The first-order valence-corrected chi connectivity index (χ1v) is 5.92. The zero-order chi connectivity index (χ0) is 13.8. The van der Waals surface area contributed by atoms with Crippen molar-refractivity contribution in [2.75, 3.05) is 26.8 Å². The molecule has 1 rings (SSSR count). The van der Waals surface area contributed by atoms with Gasteiger partial charge in [-0.3, -0.25) is 4.99 Å². The van der Waals surface area contributed by atoms with Gasteiger partial charge in [0.2, 0.25) is 0 Å². The Bertz CT molecular complexity index is 306. The molecule has 2 N–H and O–H groups in total. The molecule has 106 valence electrons. The van der Waals surface area contributed by atoms with Gasteiger partial charge in [-0.2, -0.15) is 13.2 Å². The minimum absolute atomic E-state index is 0.0896. The number of rotatable bonds is 6. The van der Waals surface area contributed by atoms with Crippen LogP contribution in [0.2, 0.25) is 0 Å². The largest absolute Gasteiger partial charge is 0.389 e. The third-order valence-electron chi connectivity index (χ3n) is 3.20. The Morgan fingerprint density at radius 1 is 1.50 bits per heavy atom. The summed E-state index contributed by atoms with van der Waals surface area (Å²) in [7, 11) is 1.57. The maximum atomic E-state index is 12.1. The number of hydrogen-bond donors (Lipinski definition) is 1. The van der Waals surface area contributed by atoms with Crippen molar-refractivity contribution < 1.29 is 17.9 Å². The van der Waals surface area contributed by atoms with E-state index in [1.54, 1.807) is 7.11 Å². The van der Waals surface area contributed by atoms with E-state index < -0.39 is 18.1 Å². The molecular weight excluding hydrogens is 247 g/mol. The smallest absolute Gasteiger partial charge is 0.383 e. The molecule has 4 nitrogen and oxygen atoms in total. The van der Waals surface area contributed by atoms with Crippen LogP contribution in [0.1, 0.15) is 26.2 Å². The zero-order valence-corrected chi connectivity index (χ0v) is 10.8. The number of nitrogens with two attached hydrogens (primary N) is 1. The van der Waals surface area contributed by atoms with E-state index in [9.17, 15) is 13.2 Å². The van der Waals surface area contributed by atoms with Gasteiger partial charge in [0.1, 0.15) is 0 Å². The quantitative estimate of drug-likeness (QED) is 0.797. The molecule has 18 heavy (non-hydrogen) atoms. The third-order valence-corrected chi connectivity index (χ3v) is 3.20. The predicted octanol–water partition coefficient (Wildman–Crippen LogP) is 1.75. The van der Waals surface area contributed by atoms with Crippen molar-refractivity contribution in [2.45, 2.75) is 37.9 Å². The first kappa shape index (κ1) is 15.1. The number of aliphatic imine (C=N–C) groups is 1. The number of nitrogens with zero attached hydrogens (tertiary/aromatic N) is 2. The van der Waals surface area contributed by atoms with Crippen LogP contribution in [0.5, 0.6) is 0 Å². The molecule has 1 unspecified atom stereocenters. The Balaban J connectivity index is 2.51. The van der Waals surface area contributed by atoms with Crippen molar-refractivity contribution in [3.8, 4) is 0 Å². The summed E-state index contributed by atoms with van der Waals surface area (Å²) in [6, 6.07) is 0. The summed E-state index contributed by atoms with van der Waals surface area (Å²) in [5.41, 5.74) is 5.33. The maximum absolute atomic E-state index is 12.1. The van der Waals surface area contributed by atoms with Gasteiger partial charge in [0.15, 0.2) is 5.96 Å². The average molecular weight is 267 g/mol. The lowest BCUT2D eigenvalue weighted by molar-refractivity contribution is -0.136. The Hall–Kier alpha value is -0.980. The van der Waals surface area contributed by atoms with Gasteiger partial charge in [-0.05, 0) is 19.8 Å². The summed E-state index contributed by atoms with van der Waals surface area (Å²) < 4.78 is 41.4. The molecule has 0 aromatic rings. The topological polar surface area (TPSA) is 50.9 Å². The molecule has 0 amide bonds. The SMILES string of the molecule is COCCN1C(N)=NCC1(C)CCCC(F)(F)F. The molecule has 0 fully saturated rings. The van der Waals surface area contributed by atoms with Crippen molar-refractivity contribution in [2.24, 2.45) is 10.7 Å². The van der Waals surface area contributed by atoms with E-state index in [0.29, 0.717) is 32.1 Å². The Labute approximate surface area is 105 Å². The average Bonchev–Trinajstić information content (AvgIpc) is 2.51. The second-order valence-electron chi connectivity index (χ2n) is 4.78. The fourth-order valence-electron chi connectivity index (χ4n) is 2.15. The molecule has 1 aliphatic heterocycles. The summed E-state index contributed by atoms with van der Waals surface area (Å²) in [6.07, 6.45) is -4.36. The van der Waals surface area contributed by atoms with E-state index in [4.69, 9.17) is 10.5 Å². The zero-order valence-electron chi connectivity index (χ0n) is 10.8. The molecule has 1 atom stereocenters. The minimum Gasteiger partial charge on any atom is -0.383 e. The number of halogens is 3. The highest BCUT2D eigenvalue weighted by Crippen LogP contribution is 2.30. The second kappa shape index (κ2) is 5.77. The molecule has 0 aromatic carbocycles. The van der Waals surface area contributed by atoms with Gasteiger partial charge >= 0.3 is 6.18 Å². The third kappa shape index (κ3) is 4.04. The van der Waals surface area contributed by atoms with E-state index >= 15 is 0 Å². The standard InChI is InChI=1S/C11H20F3N3O/c1-10(4-3-5-11(12,13)14)8-16-9(15)17(10)6-7-18-2/h3-8H2,1-2H3,(H2,15,16). The van der Waals surface area contributed by atoms with E-state index in [-0.39, 0.29) is 6.42 Å². The van der Waals surface area contributed by atoms with Crippen LogP contribution < -0.4 is 5.73 Å². The fourth-order valence-corrected chi connectivity index (χ4v) is 2.15. The summed E-state index contributed by atoms with van der Waals surface area (Å²) in [4.78, 5) is 5.96. The van der Waals surface area contributed by atoms with Gasteiger partial charge in [-0.25, -0.2) is 0 Å². The molecule has 1 aliphatic rings. The predicted molar refractivity (Wildman–Crippen MR) is 63.4 cm³/mol. The minimum atomic E-state index is -4.10. The summed E-state index contributed by atoms with van der Waals surface area (Å²) in [5.74, 6) is 0.390. The monoisotopic (exact) mass is 267 g/mol. The first-order valence-electron chi connectivity index (χ1n) is 5.92. The lowest BCUT2D eigenvalue weighted by atomic mass is 9.94. The fraction of sp³-hybridized carbons (Fsp3) is 0.909. The maximum Gasteiger partial charge on any atom is 0.389 e. The molecular formula is C11H20F3N3O. The molecule has 0 saturated heterocycles. The highest BCUT2D eigenvalue weighted by atomic mass is 19.4. The first-order chi connectivity index (χ1) is 8.28. The normalized spacial score (nSPS) is 24.5. The molecule has 7 heteroatoms. The molecule has 0 saturated carbocycles. The number of guanidine groups is 1. The number of hydrogen-bond acceptors (Lipinski definition) is 4. The van der Waals surface area contributed by atoms with Gasteiger partial charge in [0, 0.05) is 20.1 Å². The van der Waals surface area contributed by atoms with Crippen LogP contribution in [0, 0.1) is 0 Å². The molecule has 0 bridgehead atoms. The second-order valence-corrected chi connectivity index (χ2v) is 4.78.